The van der Waals surface area contributed by atoms with E-state index in [0.29, 0.717) is 12.5 Å². The van der Waals surface area contributed by atoms with E-state index in [9.17, 15) is 8.42 Å². The predicted octanol–water partition coefficient (Wildman–Crippen LogP) is 2.57. The van der Waals surface area contributed by atoms with Gasteiger partial charge in [-0.25, -0.2) is 8.42 Å². The molecule has 0 saturated heterocycles. The Morgan fingerprint density at radius 1 is 1.24 bits per heavy atom. The third kappa shape index (κ3) is 4.86. The van der Waals surface area contributed by atoms with Crippen LogP contribution in [-0.4, -0.2) is 31.0 Å². The van der Waals surface area contributed by atoms with E-state index in [1.807, 2.05) is 6.20 Å². The van der Waals surface area contributed by atoms with Crippen LogP contribution in [0.2, 0.25) is 0 Å². The molecule has 5 heteroatoms. The minimum absolute atomic E-state index is 0.237. The quantitative estimate of drug-likeness (QED) is 0.855. The summed E-state index contributed by atoms with van der Waals surface area (Å²) in [5, 5.41) is 4.61. The zero-order valence-electron chi connectivity index (χ0n) is 13.0. The average Bonchev–Trinajstić information content (AvgIpc) is 2.78. The lowest BCUT2D eigenvalue weighted by atomic mass is 10.1. The number of aromatic nitrogens is 1. The van der Waals surface area contributed by atoms with Gasteiger partial charge < -0.3 is 9.88 Å². The molecule has 0 atom stereocenters. The van der Waals surface area contributed by atoms with Gasteiger partial charge in [-0.15, -0.1) is 0 Å². The molecule has 0 aliphatic heterocycles. The van der Waals surface area contributed by atoms with E-state index in [0.717, 1.165) is 13.1 Å². The lowest BCUT2D eigenvalue weighted by Crippen LogP contribution is -2.21. The third-order valence-corrected chi connectivity index (χ3v) is 4.50. The van der Waals surface area contributed by atoms with Crippen molar-refractivity contribution >= 4 is 20.7 Å². The second-order valence-electron chi connectivity index (χ2n) is 5.92. The Kier molecular flexibility index (Phi) is 5.06. The van der Waals surface area contributed by atoms with Crippen LogP contribution in [0.5, 0.6) is 0 Å². The van der Waals surface area contributed by atoms with E-state index in [1.54, 1.807) is 0 Å². The van der Waals surface area contributed by atoms with Gasteiger partial charge in [0.25, 0.3) is 0 Å². The first-order valence-corrected chi connectivity index (χ1v) is 9.40. The molecule has 0 bridgehead atoms. The number of nitrogens with zero attached hydrogens (tertiary/aromatic N) is 1. The van der Waals surface area contributed by atoms with Gasteiger partial charge in [0.15, 0.2) is 0 Å². The molecule has 0 unspecified atom stereocenters. The summed E-state index contributed by atoms with van der Waals surface area (Å²) in [7, 11) is -2.88. The van der Waals surface area contributed by atoms with Gasteiger partial charge in [0.2, 0.25) is 0 Å². The van der Waals surface area contributed by atoms with E-state index < -0.39 is 9.84 Å². The van der Waals surface area contributed by atoms with Crippen LogP contribution in [0.1, 0.15) is 25.8 Å². The monoisotopic (exact) mass is 308 g/mol. The van der Waals surface area contributed by atoms with Crippen molar-refractivity contribution in [3.8, 4) is 0 Å². The van der Waals surface area contributed by atoms with Gasteiger partial charge in [0.1, 0.15) is 9.84 Å². The number of nitrogens with one attached hydrogen (secondary N) is 1. The van der Waals surface area contributed by atoms with E-state index in [-0.39, 0.29) is 5.75 Å². The highest BCUT2D eigenvalue weighted by Crippen LogP contribution is 2.18. The van der Waals surface area contributed by atoms with E-state index >= 15 is 0 Å². The van der Waals surface area contributed by atoms with E-state index in [2.05, 4.69) is 48.0 Å². The molecule has 0 spiro atoms. The highest BCUT2D eigenvalue weighted by molar-refractivity contribution is 7.90. The maximum absolute atomic E-state index is 11.2. The average molecular weight is 308 g/mol. The molecule has 116 valence electrons. The largest absolute Gasteiger partial charge is 0.347 e. The maximum Gasteiger partial charge on any atom is 0.147 e. The highest BCUT2D eigenvalue weighted by atomic mass is 32.2. The number of rotatable bonds is 7. The Labute approximate surface area is 127 Å². The maximum atomic E-state index is 11.2. The minimum Gasteiger partial charge on any atom is -0.347 e. The Morgan fingerprint density at radius 3 is 2.67 bits per heavy atom. The molecule has 1 heterocycles. The Morgan fingerprint density at radius 2 is 2.00 bits per heavy atom. The standard InChI is InChI=1S/C16H24N2O2S/c1-13(2)17-12-14-5-6-15-7-9-18(16(15)11-14)8-4-10-21(3,19)20/h5-7,9,11,13,17H,4,8,10,12H2,1-3H3. The van der Waals surface area contributed by atoms with Crippen LogP contribution >= 0.6 is 0 Å². The zero-order valence-corrected chi connectivity index (χ0v) is 13.8. The van der Waals surface area contributed by atoms with Gasteiger partial charge in [-0.05, 0) is 29.5 Å². The van der Waals surface area contributed by atoms with Gasteiger partial charge in [-0.3, -0.25) is 0 Å². The first-order valence-electron chi connectivity index (χ1n) is 7.34. The Bertz CT molecular complexity index is 702. The second kappa shape index (κ2) is 6.62. The molecule has 1 aromatic carbocycles. The van der Waals surface area contributed by atoms with Gasteiger partial charge in [-0.2, -0.15) is 0 Å². The molecular weight excluding hydrogens is 284 g/mol. The molecule has 1 N–H and O–H groups in total. The smallest absolute Gasteiger partial charge is 0.147 e. The van der Waals surface area contributed by atoms with Crippen LogP contribution in [0.4, 0.5) is 0 Å². The van der Waals surface area contributed by atoms with Crippen molar-refractivity contribution in [2.24, 2.45) is 0 Å². The van der Waals surface area contributed by atoms with Crippen molar-refractivity contribution in [3.63, 3.8) is 0 Å². The fourth-order valence-electron chi connectivity index (χ4n) is 2.35. The molecule has 21 heavy (non-hydrogen) atoms. The number of aryl methyl sites for hydroxylation is 1. The zero-order chi connectivity index (χ0) is 15.5. The number of fused-ring (bicyclic) bond motifs is 1. The summed E-state index contributed by atoms with van der Waals surface area (Å²) < 4.78 is 24.6. The Hall–Kier alpha value is -1.33. The molecule has 0 amide bonds. The fraction of sp³-hybridized carbons (Fsp3) is 0.500. The number of hydrogen-bond acceptors (Lipinski definition) is 3. The minimum atomic E-state index is -2.88. The first kappa shape index (κ1) is 16.0. The van der Waals surface area contributed by atoms with Crippen LogP contribution in [0.3, 0.4) is 0 Å². The molecule has 0 aliphatic carbocycles. The van der Waals surface area contributed by atoms with Crippen molar-refractivity contribution in [2.45, 2.75) is 39.4 Å². The van der Waals surface area contributed by atoms with Crippen molar-refractivity contribution < 1.29 is 8.42 Å². The summed E-state index contributed by atoms with van der Waals surface area (Å²) in [6.07, 6.45) is 3.97. The van der Waals surface area contributed by atoms with Gasteiger partial charge >= 0.3 is 0 Å². The fourth-order valence-corrected chi connectivity index (χ4v) is 3.01. The number of benzene rings is 1. The number of sulfone groups is 1. The molecule has 2 rings (SSSR count). The van der Waals surface area contributed by atoms with Crippen molar-refractivity contribution in [1.29, 1.82) is 0 Å². The van der Waals surface area contributed by atoms with Crippen molar-refractivity contribution in [3.05, 3.63) is 36.0 Å². The van der Waals surface area contributed by atoms with Gasteiger partial charge in [-0.1, -0.05) is 26.0 Å². The van der Waals surface area contributed by atoms with Crippen LogP contribution in [0.25, 0.3) is 10.9 Å². The van der Waals surface area contributed by atoms with E-state index in [4.69, 9.17) is 0 Å². The number of hydrogen-bond donors (Lipinski definition) is 1. The molecular formula is C16H24N2O2S. The summed E-state index contributed by atoms with van der Waals surface area (Å²) in [6, 6.07) is 8.99. The molecule has 2 aromatic rings. The summed E-state index contributed by atoms with van der Waals surface area (Å²) in [6.45, 7) is 5.85. The van der Waals surface area contributed by atoms with Crippen LogP contribution in [0.15, 0.2) is 30.5 Å². The summed E-state index contributed by atoms with van der Waals surface area (Å²) >= 11 is 0. The molecule has 4 nitrogen and oxygen atoms in total. The highest BCUT2D eigenvalue weighted by Gasteiger charge is 2.05. The summed E-state index contributed by atoms with van der Waals surface area (Å²) in [4.78, 5) is 0. The Balaban J connectivity index is 2.11. The normalized spacial score (nSPS) is 12.4. The lowest BCUT2D eigenvalue weighted by Gasteiger charge is -2.10. The summed E-state index contributed by atoms with van der Waals surface area (Å²) in [5.41, 5.74) is 2.42. The molecule has 0 radical (unpaired) electrons. The van der Waals surface area contributed by atoms with Gasteiger partial charge in [0.05, 0.1) is 5.75 Å². The van der Waals surface area contributed by atoms with Crippen LogP contribution < -0.4 is 5.32 Å². The van der Waals surface area contributed by atoms with Crippen molar-refractivity contribution in [2.75, 3.05) is 12.0 Å². The molecule has 0 saturated carbocycles. The third-order valence-electron chi connectivity index (χ3n) is 3.47. The van der Waals surface area contributed by atoms with Gasteiger partial charge in [0, 0.05) is 37.1 Å². The SMILES string of the molecule is CC(C)NCc1ccc2ccn(CCCS(C)(=O)=O)c2c1. The predicted molar refractivity (Wildman–Crippen MR) is 88.2 cm³/mol. The second-order valence-corrected chi connectivity index (χ2v) is 8.18. The summed E-state index contributed by atoms with van der Waals surface area (Å²) in [5.74, 6) is 0.237. The molecule has 0 aliphatic rings. The van der Waals surface area contributed by atoms with Crippen LogP contribution in [-0.2, 0) is 22.9 Å². The van der Waals surface area contributed by atoms with Crippen molar-refractivity contribution in [1.82, 2.24) is 9.88 Å². The topological polar surface area (TPSA) is 51.1 Å². The lowest BCUT2D eigenvalue weighted by molar-refractivity contribution is 0.588. The first-order chi connectivity index (χ1) is 9.85. The molecule has 0 fully saturated rings. The van der Waals surface area contributed by atoms with Crippen LogP contribution in [0, 0.1) is 0 Å². The molecule has 1 aromatic heterocycles. The van der Waals surface area contributed by atoms with E-state index in [1.165, 1.54) is 22.7 Å².